The smallest absolute Gasteiger partial charge is 0.313 e. The Hall–Kier alpha value is -2.06. The van der Waals surface area contributed by atoms with Gasteiger partial charge in [-0.25, -0.2) is 0 Å². The molecular formula is C16H16BrN3O3S. The average Bonchev–Trinajstić information content (AvgIpc) is 2.57. The number of carboxylic acid groups (broad SMARTS) is 1. The first-order valence-corrected chi connectivity index (χ1v) is 8.71. The number of hydrogen-bond acceptors (Lipinski definition) is 5. The molecule has 0 saturated heterocycles. The van der Waals surface area contributed by atoms with Gasteiger partial charge in [0, 0.05) is 5.39 Å². The van der Waals surface area contributed by atoms with E-state index in [0.29, 0.717) is 0 Å². The van der Waals surface area contributed by atoms with Crippen LogP contribution in [0.15, 0.2) is 36.4 Å². The first-order chi connectivity index (χ1) is 11.4. The molecule has 0 saturated carbocycles. The van der Waals surface area contributed by atoms with Crippen LogP contribution >= 0.6 is 27.7 Å². The highest BCUT2D eigenvalue weighted by atomic mass is 79.9. The maximum absolute atomic E-state index is 10.7. The van der Waals surface area contributed by atoms with Gasteiger partial charge in [0.2, 0.25) is 0 Å². The normalized spacial score (nSPS) is 10.4. The van der Waals surface area contributed by atoms with Crippen molar-refractivity contribution < 1.29 is 14.6 Å². The Bertz CT molecular complexity index is 797. The van der Waals surface area contributed by atoms with E-state index in [-0.39, 0.29) is 22.2 Å². The number of amidine groups is 2. The van der Waals surface area contributed by atoms with E-state index in [2.05, 4.69) is 15.9 Å². The zero-order chi connectivity index (χ0) is 17.7. The van der Waals surface area contributed by atoms with Crippen molar-refractivity contribution in [3.05, 3.63) is 42.0 Å². The highest BCUT2D eigenvalue weighted by Gasteiger charge is 2.17. The fourth-order valence-corrected chi connectivity index (χ4v) is 3.25. The summed E-state index contributed by atoms with van der Waals surface area (Å²) in [6, 6.07) is 11.5. The Morgan fingerprint density at radius 1 is 1.25 bits per heavy atom. The number of ether oxygens (including phenoxy) is 1. The van der Waals surface area contributed by atoms with Crippen molar-refractivity contribution in [1.82, 2.24) is 4.90 Å². The number of halogens is 1. The van der Waals surface area contributed by atoms with Gasteiger partial charge >= 0.3 is 5.97 Å². The van der Waals surface area contributed by atoms with Crippen molar-refractivity contribution >= 4 is 54.3 Å². The van der Waals surface area contributed by atoms with Gasteiger partial charge in [-0.3, -0.25) is 20.5 Å². The minimum Gasteiger partial charge on any atom is -0.496 e. The number of carbonyl (C=O) groups is 1. The summed E-state index contributed by atoms with van der Waals surface area (Å²) in [5.41, 5.74) is 0.913. The molecule has 2 rings (SSSR count). The summed E-state index contributed by atoms with van der Waals surface area (Å²) < 4.78 is 5.38. The molecule has 6 nitrogen and oxygen atoms in total. The van der Waals surface area contributed by atoms with Gasteiger partial charge in [0.1, 0.15) is 5.75 Å². The first-order valence-electron chi connectivity index (χ1n) is 6.93. The predicted molar refractivity (Wildman–Crippen MR) is 101 cm³/mol. The number of methoxy groups -OCH3 is 1. The van der Waals surface area contributed by atoms with Gasteiger partial charge in [-0.15, -0.1) is 0 Å². The van der Waals surface area contributed by atoms with Crippen molar-refractivity contribution in [2.24, 2.45) is 0 Å². The third kappa shape index (κ3) is 4.27. The van der Waals surface area contributed by atoms with Crippen LogP contribution in [-0.4, -0.2) is 38.8 Å². The molecule has 0 bridgehead atoms. The lowest BCUT2D eigenvalue weighted by atomic mass is 10.0. The summed E-state index contributed by atoms with van der Waals surface area (Å²) in [5, 5.41) is 26.5. The molecule has 24 heavy (non-hydrogen) atoms. The van der Waals surface area contributed by atoms with Crippen LogP contribution in [0.25, 0.3) is 10.8 Å². The van der Waals surface area contributed by atoms with Crippen molar-refractivity contribution in [3.8, 4) is 5.75 Å². The molecule has 0 atom stereocenters. The Balaban J connectivity index is 2.33. The molecule has 0 aromatic heterocycles. The molecule has 0 radical (unpaired) electrons. The van der Waals surface area contributed by atoms with E-state index in [1.807, 2.05) is 36.4 Å². The second-order valence-electron chi connectivity index (χ2n) is 4.84. The van der Waals surface area contributed by atoms with Crippen molar-refractivity contribution in [1.29, 1.82) is 10.8 Å². The zero-order valence-electron chi connectivity index (χ0n) is 12.9. The third-order valence-electron chi connectivity index (χ3n) is 3.34. The van der Waals surface area contributed by atoms with Crippen LogP contribution in [0.2, 0.25) is 0 Å². The van der Waals surface area contributed by atoms with Gasteiger partial charge in [-0.1, -0.05) is 42.1 Å². The summed E-state index contributed by atoms with van der Waals surface area (Å²) in [6.45, 7) is 0.278. The summed E-state index contributed by atoms with van der Waals surface area (Å²) in [5.74, 6) is -0.468. The fraction of sp³-hybridized carbons (Fsp3) is 0.188. The number of fused-ring (bicyclic) bond motifs is 1. The molecule has 2 aromatic rings. The number of carboxylic acids is 1. The molecule has 0 aliphatic rings. The molecule has 0 heterocycles. The molecule has 3 N–H and O–H groups in total. The lowest BCUT2D eigenvalue weighted by Crippen LogP contribution is -2.31. The van der Waals surface area contributed by atoms with Gasteiger partial charge in [-0.2, -0.15) is 0 Å². The van der Waals surface area contributed by atoms with E-state index >= 15 is 0 Å². The van der Waals surface area contributed by atoms with Crippen LogP contribution in [0.1, 0.15) is 5.56 Å². The summed E-state index contributed by atoms with van der Waals surface area (Å²) in [6.07, 6.45) is 0. The van der Waals surface area contributed by atoms with Crippen molar-refractivity contribution in [2.45, 2.75) is 6.54 Å². The minimum absolute atomic E-state index is 0.000765. The van der Waals surface area contributed by atoms with E-state index in [9.17, 15) is 4.79 Å². The molecule has 2 aromatic carbocycles. The van der Waals surface area contributed by atoms with Crippen LogP contribution in [0, 0.1) is 10.8 Å². The molecule has 0 aliphatic heterocycles. The largest absolute Gasteiger partial charge is 0.496 e. The number of hydrogen-bond donors (Lipinski definition) is 3. The van der Waals surface area contributed by atoms with Crippen LogP contribution < -0.4 is 4.74 Å². The predicted octanol–water partition coefficient (Wildman–Crippen LogP) is 3.73. The van der Waals surface area contributed by atoms with Crippen LogP contribution in [0.4, 0.5) is 0 Å². The number of benzene rings is 2. The lowest BCUT2D eigenvalue weighted by molar-refractivity contribution is -0.133. The van der Waals surface area contributed by atoms with Crippen LogP contribution in [0.5, 0.6) is 5.75 Å². The van der Waals surface area contributed by atoms with Gasteiger partial charge in [-0.05, 0) is 32.9 Å². The number of nitrogens with one attached hydrogen (secondary N) is 2. The minimum atomic E-state index is -0.999. The molecule has 0 spiro atoms. The Labute approximate surface area is 151 Å². The van der Waals surface area contributed by atoms with Gasteiger partial charge in [0.15, 0.2) is 9.91 Å². The Morgan fingerprint density at radius 2 is 1.92 bits per heavy atom. The number of rotatable bonds is 5. The summed E-state index contributed by atoms with van der Waals surface area (Å²) in [7, 11) is 1.61. The highest BCUT2D eigenvalue weighted by molar-refractivity contribution is 9.18. The third-order valence-corrected chi connectivity index (χ3v) is 4.65. The van der Waals surface area contributed by atoms with Crippen LogP contribution in [0.3, 0.4) is 0 Å². The number of thioether (sulfide) groups is 1. The van der Waals surface area contributed by atoms with E-state index < -0.39 is 5.97 Å². The maximum Gasteiger partial charge on any atom is 0.313 e. The second kappa shape index (κ2) is 8.16. The highest BCUT2D eigenvalue weighted by Crippen LogP contribution is 2.29. The molecule has 8 heteroatoms. The van der Waals surface area contributed by atoms with E-state index in [4.69, 9.17) is 20.7 Å². The monoisotopic (exact) mass is 409 g/mol. The second-order valence-corrected chi connectivity index (χ2v) is 6.55. The molecule has 126 valence electrons. The molecular weight excluding hydrogens is 394 g/mol. The van der Waals surface area contributed by atoms with E-state index in [1.165, 1.54) is 4.90 Å². The number of nitrogens with zero attached hydrogens (tertiary/aromatic N) is 1. The summed E-state index contributed by atoms with van der Waals surface area (Å²) >= 11 is 3.95. The zero-order valence-corrected chi connectivity index (χ0v) is 15.3. The van der Waals surface area contributed by atoms with Crippen molar-refractivity contribution in [3.63, 3.8) is 0 Å². The molecule has 0 fully saturated rings. The van der Waals surface area contributed by atoms with Gasteiger partial charge in [0.25, 0.3) is 0 Å². The maximum atomic E-state index is 10.7. The van der Waals surface area contributed by atoms with Gasteiger partial charge < -0.3 is 9.84 Å². The molecule has 0 amide bonds. The van der Waals surface area contributed by atoms with E-state index in [1.54, 1.807) is 7.11 Å². The Morgan fingerprint density at radius 3 is 2.50 bits per heavy atom. The quantitative estimate of drug-likeness (QED) is 0.397. The average molecular weight is 410 g/mol. The standard InChI is InChI=1S/C16H16BrN3O3S/c1-23-13-7-6-10(11-4-2-3-5-12(11)13)8-20(15(17)18)16(19)24-9-14(21)22/h2-7,18-19H,8-9H2,1H3,(H,21,22). The van der Waals surface area contributed by atoms with Gasteiger partial charge in [0.05, 0.1) is 19.4 Å². The molecule has 0 aliphatic carbocycles. The first kappa shape index (κ1) is 18.3. The molecule has 0 unspecified atom stereocenters. The summed E-state index contributed by atoms with van der Waals surface area (Å²) in [4.78, 5) is 12.1. The van der Waals surface area contributed by atoms with E-state index in [0.717, 1.165) is 33.8 Å². The van der Waals surface area contributed by atoms with Crippen LogP contribution in [-0.2, 0) is 11.3 Å². The lowest BCUT2D eigenvalue weighted by Gasteiger charge is -2.23. The Kier molecular flexibility index (Phi) is 6.22. The van der Waals surface area contributed by atoms with Crippen molar-refractivity contribution in [2.75, 3.05) is 12.9 Å². The SMILES string of the molecule is COc1ccc(CN(C(=N)Br)C(=N)SCC(=O)O)c2ccccc12. The fourth-order valence-electron chi connectivity index (χ4n) is 2.26. The topological polar surface area (TPSA) is 97.5 Å². The number of aliphatic carboxylic acids is 1.